The van der Waals surface area contributed by atoms with Gasteiger partial charge in [0.15, 0.2) is 0 Å². The Morgan fingerprint density at radius 2 is 2.17 bits per heavy atom. The summed E-state index contributed by atoms with van der Waals surface area (Å²) in [6.45, 7) is 1.62. The first kappa shape index (κ1) is 5.21. The number of carbonyl (C=O) groups is 1. The number of hydrogen-bond acceptors (Lipinski definition) is 1. The van der Waals surface area contributed by atoms with E-state index in [9.17, 15) is 9.90 Å². The summed E-state index contributed by atoms with van der Waals surface area (Å²) in [6, 6.07) is 0. The summed E-state index contributed by atoms with van der Waals surface area (Å²) in [5.74, 6) is -1.14. The Kier molecular flexibility index (Phi) is 2.13. The first-order valence-electron chi connectivity index (χ1n) is 1.61. The Morgan fingerprint density at radius 1 is 1.67 bits per heavy atom. The molecule has 0 aromatic carbocycles. The lowest BCUT2D eigenvalue weighted by Gasteiger charge is -1.62. The van der Waals surface area contributed by atoms with Gasteiger partial charge in [-0.2, -0.15) is 0 Å². The summed E-state index contributed by atoms with van der Waals surface area (Å²) in [7, 11) is 0. The molecule has 0 spiro atoms. The summed E-state index contributed by atoms with van der Waals surface area (Å²) in [5, 5.41) is 9.40. The molecule has 0 N–H and O–H groups in total. The molecule has 0 aliphatic carbocycles. The zero-order chi connectivity index (χ0) is 4.99. The zero-order valence-electron chi connectivity index (χ0n) is 3.47. The van der Waals surface area contributed by atoms with E-state index in [2.05, 4.69) is 0 Å². The molecule has 0 unspecified atom stereocenters. The zero-order valence-corrected chi connectivity index (χ0v) is 3.47. The number of rotatable bonds is 1. The van der Waals surface area contributed by atoms with Crippen LogP contribution in [0, 0.1) is 0 Å². The monoisotopic (exact) mass is 85.0 g/mol. The van der Waals surface area contributed by atoms with E-state index in [0.29, 0.717) is 0 Å². The first-order valence-corrected chi connectivity index (χ1v) is 1.61. The minimum absolute atomic E-state index is 0.972. The van der Waals surface area contributed by atoms with Crippen LogP contribution in [0.4, 0.5) is 0 Å². The molecular formula is C4H5O2. The van der Waals surface area contributed by atoms with Crippen molar-refractivity contribution in [2.45, 2.75) is 6.92 Å². The van der Waals surface area contributed by atoms with Gasteiger partial charge in [0.1, 0.15) is 0 Å². The molecule has 0 amide bonds. The lowest BCUT2D eigenvalue weighted by atomic mass is 10.5. The minimum Gasteiger partial charge on any atom is -0.242 e. The molecule has 0 bridgehead atoms. The molecule has 0 aliphatic heterocycles. The number of hydrogen-bond donors (Lipinski definition) is 0. The predicted molar refractivity (Wildman–Crippen MR) is 20.5 cm³/mol. The molecule has 0 rings (SSSR count). The van der Waals surface area contributed by atoms with Gasteiger partial charge in [0.05, 0.1) is 0 Å². The standard InChI is InChI=1S/C4H5O2/c1-2-3-4(5)6/h2-3H,1H3/b3-2-. The molecule has 0 aromatic rings. The van der Waals surface area contributed by atoms with Crippen molar-refractivity contribution in [1.29, 1.82) is 0 Å². The van der Waals surface area contributed by atoms with Gasteiger partial charge in [-0.05, 0) is 6.92 Å². The average Bonchev–Trinajstić information content (AvgIpc) is 1.35. The third kappa shape index (κ3) is 3.21. The highest BCUT2D eigenvalue weighted by atomic mass is 16.4. The quantitative estimate of drug-likeness (QED) is 0.427. The van der Waals surface area contributed by atoms with Crippen molar-refractivity contribution < 1.29 is 9.90 Å². The molecule has 0 aromatic heterocycles. The van der Waals surface area contributed by atoms with Crippen LogP contribution >= 0.6 is 0 Å². The average molecular weight is 85.1 g/mol. The van der Waals surface area contributed by atoms with Gasteiger partial charge in [0, 0.05) is 6.08 Å². The van der Waals surface area contributed by atoms with Gasteiger partial charge in [-0.25, -0.2) is 9.90 Å². The van der Waals surface area contributed by atoms with E-state index in [1.165, 1.54) is 6.08 Å². The van der Waals surface area contributed by atoms with Crippen molar-refractivity contribution in [2.24, 2.45) is 0 Å². The molecule has 1 radical (unpaired) electrons. The molecule has 2 heteroatoms. The maximum Gasteiger partial charge on any atom is 0.378 e. The second-order valence-corrected chi connectivity index (χ2v) is 0.819. The highest BCUT2D eigenvalue weighted by Gasteiger charge is 1.81. The third-order valence-electron chi connectivity index (χ3n) is 0.303. The van der Waals surface area contributed by atoms with Crippen molar-refractivity contribution in [1.82, 2.24) is 0 Å². The van der Waals surface area contributed by atoms with Crippen LogP contribution < -0.4 is 0 Å². The normalized spacial score (nSPS) is 9.50. The highest BCUT2D eigenvalue weighted by Crippen LogP contribution is 1.66. The van der Waals surface area contributed by atoms with Crippen LogP contribution in [0.2, 0.25) is 0 Å². The molecule has 0 aliphatic rings. The van der Waals surface area contributed by atoms with Crippen LogP contribution in [0.5, 0.6) is 0 Å². The highest BCUT2D eigenvalue weighted by molar-refractivity contribution is 5.79. The Labute approximate surface area is 36.1 Å². The summed E-state index contributed by atoms with van der Waals surface area (Å²) in [4.78, 5) is 9.40. The van der Waals surface area contributed by atoms with Crippen LogP contribution in [-0.2, 0) is 9.90 Å². The maximum absolute atomic E-state index is 9.40. The molecule has 0 saturated heterocycles. The Morgan fingerprint density at radius 3 is 2.17 bits per heavy atom. The van der Waals surface area contributed by atoms with Gasteiger partial charge in [-0.1, -0.05) is 6.08 Å². The van der Waals surface area contributed by atoms with E-state index < -0.39 is 5.97 Å². The molecule has 0 atom stereocenters. The predicted octanol–water partition coefficient (Wildman–Crippen LogP) is 0.520. The van der Waals surface area contributed by atoms with Crippen molar-refractivity contribution >= 4 is 5.97 Å². The molecule has 0 heterocycles. The topological polar surface area (TPSA) is 37.0 Å². The van der Waals surface area contributed by atoms with E-state index in [1.807, 2.05) is 0 Å². The second kappa shape index (κ2) is 2.45. The fourth-order valence-electron chi connectivity index (χ4n) is 0.136. The maximum atomic E-state index is 9.40. The molecule has 0 saturated carbocycles. The Bertz CT molecular complexity index is 73.6. The summed E-state index contributed by atoms with van der Waals surface area (Å²) >= 11 is 0. The van der Waals surface area contributed by atoms with E-state index in [4.69, 9.17) is 0 Å². The summed E-state index contributed by atoms with van der Waals surface area (Å²) in [5.41, 5.74) is 0. The van der Waals surface area contributed by atoms with Gasteiger partial charge in [-0.15, -0.1) is 0 Å². The second-order valence-electron chi connectivity index (χ2n) is 0.819. The van der Waals surface area contributed by atoms with Crippen molar-refractivity contribution in [3.05, 3.63) is 12.2 Å². The fraction of sp³-hybridized carbons (Fsp3) is 0.250. The van der Waals surface area contributed by atoms with E-state index in [-0.39, 0.29) is 0 Å². The SMILES string of the molecule is C/C=C\C([O])=O. The van der Waals surface area contributed by atoms with Crippen LogP contribution in [0.15, 0.2) is 12.2 Å². The third-order valence-corrected chi connectivity index (χ3v) is 0.303. The Balaban J connectivity index is 3.30. The van der Waals surface area contributed by atoms with Gasteiger partial charge in [0.2, 0.25) is 0 Å². The molecular weight excluding hydrogens is 80.0 g/mol. The Hall–Kier alpha value is -0.790. The molecule has 2 nitrogen and oxygen atoms in total. The van der Waals surface area contributed by atoms with Crippen LogP contribution in [0.3, 0.4) is 0 Å². The van der Waals surface area contributed by atoms with Crippen LogP contribution in [0.1, 0.15) is 6.92 Å². The van der Waals surface area contributed by atoms with E-state index in [0.717, 1.165) is 6.08 Å². The van der Waals surface area contributed by atoms with Gasteiger partial charge in [-0.3, -0.25) is 0 Å². The van der Waals surface area contributed by atoms with Crippen LogP contribution in [-0.4, -0.2) is 5.97 Å². The lowest BCUT2D eigenvalue weighted by molar-refractivity contribution is -0.137. The van der Waals surface area contributed by atoms with E-state index in [1.54, 1.807) is 6.92 Å². The van der Waals surface area contributed by atoms with Gasteiger partial charge < -0.3 is 0 Å². The summed E-state index contributed by atoms with van der Waals surface area (Å²) < 4.78 is 0. The first-order chi connectivity index (χ1) is 2.77. The summed E-state index contributed by atoms with van der Waals surface area (Å²) in [6.07, 6.45) is 2.38. The van der Waals surface area contributed by atoms with Crippen LogP contribution in [0.25, 0.3) is 0 Å². The minimum atomic E-state index is -1.14. The lowest BCUT2D eigenvalue weighted by Crippen LogP contribution is -1.80. The smallest absolute Gasteiger partial charge is 0.242 e. The number of carbonyl (C=O) groups excluding carboxylic acids is 1. The van der Waals surface area contributed by atoms with Crippen molar-refractivity contribution in [2.75, 3.05) is 0 Å². The van der Waals surface area contributed by atoms with Crippen molar-refractivity contribution in [3.63, 3.8) is 0 Å². The van der Waals surface area contributed by atoms with Gasteiger partial charge in [0.25, 0.3) is 0 Å². The van der Waals surface area contributed by atoms with Crippen molar-refractivity contribution in [3.8, 4) is 0 Å². The van der Waals surface area contributed by atoms with Gasteiger partial charge >= 0.3 is 5.97 Å². The van der Waals surface area contributed by atoms with E-state index >= 15 is 0 Å². The largest absolute Gasteiger partial charge is 0.378 e. The molecule has 33 valence electrons. The number of allylic oxidation sites excluding steroid dienone is 1. The fourth-order valence-corrected chi connectivity index (χ4v) is 0.136. The molecule has 0 fully saturated rings. The molecule has 6 heavy (non-hydrogen) atoms.